The lowest BCUT2D eigenvalue weighted by molar-refractivity contribution is -0.121. The highest BCUT2D eigenvalue weighted by Gasteiger charge is 2.25. The van der Waals surface area contributed by atoms with Gasteiger partial charge in [-0.15, -0.1) is 0 Å². The molecule has 2 N–H and O–H groups in total. The summed E-state index contributed by atoms with van der Waals surface area (Å²) in [7, 11) is 0. The molecule has 0 aromatic carbocycles. The zero-order valence-electron chi connectivity index (χ0n) is 7.31. The van der Waals surface area contributed by atoms with Crippen molar-refractivity contribution in [3.8, 4) is 0 Å². The predicted molar refractivity (Wildman–Crippen MR) is 46.7 cm³/mol. The van der Waals surface area contributed by atoms with Crippen molar-refractivity contribution in [1.29, 1.82) is 0 Å². The maximum atomic E-state index is 11.2. The highest BCUT2D eigenvalue weighted by molar-refractivity contribution is 5.76. The Kier molecular flexibility index (Phi) is 2.30. The number of amides is 1. The van der Waals surface area contributed by atoms with Crippen molar-refractivity contribution < 1.29 is 4.79 Å². The van der Waals surface area contributed by atoms with Crippen LogP contribution in [0.5, 0.6) is 0 Å². The molecule has 0 aromatic rings. The van der Waals surface area contributed by atoms with Gasteiger partial charge in [-0.1, -0.05) is 0 Å². The van der Waals surface area contributed by atoms with Gasteiger partial charge in [0.05, 0.1) is 0 Å². The molecule has 1 amide bonds. The molecule has 0 aromatic heterocycles. The van der Waals surface area contributed by atoms with E-state index in [1.165, 1.54) is 12.8 Å². The molecule has 68 valence electrons. The molecule has 0 atom stereocenters. The topological polar surface area (TPSA) is 41.1 Å². The summed E-state index contributed by atoms with van der Waals surface area (Å²) in [6.07, 6.45) is 3.29. The summed E-state index contributed by atoms with van der Waals surface area (Å²) in [5.41, 5.74) is 0. The van der Waals surface area contributed by atoms with Gasteiger partial charge >= 0.3 is 0 Å². The normalized spacial score (nSPS) is 23.3. The predicted octanol–water partition coefficient (Wildman–Crippen LogP) is 0.122. The molecule has 1 aliphatic heterocycles. The van der Waals surface area contributed by atoms with Crippen molar-refractivity contribution in [2.24, 2.45) is 11.8 Å². The number of hydrogen-bond acceptors (Lipinski definition) is 2. The third kappa shape index (κ3) is 2.21. The molecule has 2 aliphatic rings. The van der Waals surface area contributed by atoms with Crippen molar-refractivity contribution in [3.05, 3.63) is 0 Å². The summed E-state index contributed by atoms with van der Waals surface area (Å²) in [5, 5.41) is 6.16. The minimum atomic E-state index is 0.254. The Labute approximate surface area is 72.9 Å². The maximum Gasteiger partial charge on any atom is 0.220 e. The standard InChI is InChI=1S/C9H16N2O/c12-9(3-7-1-2-7)11-6-8-4-10-5-8/h7-8,10H,1-6H2,(H,11,12). The minimum Gasteiger partial charge on any atom is -0.356 e. The second-order valence-electron chi connectivity index (χ2n) is 3.98. The van der Waals surface area contributed by atoms with Crippen LogP contribution in [-0.2, 0) is 4.79 Å². The van der Waals surface area contributed by atoms with Crippen LogP contribution >= 0.6 is 0 Å². The van der Waals surface area contributed by atoms with E-state index < -0.39 is 0 Å². The Morgan fingerprint density at radius 1 is 1.33 bits per heavy atom. The quantitative estimate of drug-likeness (QED) is 0.626. The van der Waals surface area contributed by atoms with Gasteiger partial charge in [0.1, 0.15) is 0 Å². The first-order chi connectivity index (χ1) is 5.84. The first kappa shape index (κ1) is 8.05. The molecule has 3 nitrogen and oxygen atoms in total. The average Bonchev–Trinajstić information content (AvgIpc) is 2.68. The zero-order valence-corrected chi connectivity index (χ0v) is 7.31. The Balaban J connectivity index is 1.55. The van der Waals surface area contributed by atoms with Gasteiger partial charge in [0.25, 0.3) is 0 Å². The molecule has 3 heteroatoms. The Morgan fingerprint density at radius 2 is 2.08 bits per heavy atom. The highest BCUT2D eigenvalue weighted by atomic mass is 16.1. The van der Waals surface area contributed by atoms with E-state index in [0.717, 1.165) is 26.1 Å². The summed E-state index contributed by atoms with van der Waals surface area (Å²) in [6.45, 7) is 3.02. The van der Waals surface area contributed by atoms with E-state index in [0.29, 0.717) is 11.8 Å². The van der Waals surface area contributed by atoms with Crippen molar-refractivity contribution in [2.45, 2.75) is 19.3 Å². The lowest BCUT2D eigenvalue weighted by Crippen LogP contribution is -2.48. The summed E-state index contributed by atoms with van der Waals surface area (Å²) >= 11 is 0. The van der Waals surface area contributed by atoms with Crippen LogP contribution in [0.2, 0.25) is 0 Å². The number of carbonyl (C=O) groups excluding carboxylic acids is 1. The van der Waals surface area contributed by atoms with Crippen molar-refractivity contribution >= 4 is 5.91 Å². The van der Waals surface area contributed by atoms with Crippen molar-refractivity contribution in [2.75, 3.05) is 19.6 Å². The summed E-state index contributed by atoms with van der Waals surface area (Å²) < 4.78 is 0. The highest BCUT2D eigenvalue weighted by Crippen LogP contribution is 2.32. The van der Waals surface area contributed by atoms with E-state index >= 15 is 0 Å². The first-order valence-corrected chi connectivity index (χ1v) is 4.82. The van der Waals surface area contributed by atoms with E-state index in [1.807, 2.05) is 0 Å². The van der Waals surface area contributed by atoms with Crippen LogP contribution in [0, 0.1) is 11.8 Å². The van der Waals surface area contributed by atoms with Crippen LogP contribution in [0.15, 0.2) is 0 Å². The van der Waals surface area contributed by atoms with Crippen LogP contribution in [0.1, 0.15) is 19.3 Å². The Bertz CT molecular complexity index is 173. The third-order valence-electron chi connectivity index (χ3n) is 2.62. The summed E-state index contributed by atoms with van der Waals surface area (Å²) in [5.74, 6) is 1.65. The smallest absolute Gasteiger partial charge is 0.220 e. The molecule has 0 bridgehead atoms. The SMILES string of the molecule is O=C(CC1CC1)NCC1CNC1. The summed E-state index contributed by atoms with van der Waals surface area (Å²) in [6, 6.07) is 0. The van der Waals surface area contributed by atoms with E-state index in [9.17, 15) is 4.79 Å². The van der Waals surface area contributed by atoms with Gasteiger partial charge in [-0.25, -0.2) is 0 Å². The molecule has 0 radical (unpaired) electrons. The molecule has 0 unspecified atom stereocenters. The van der Waals surface area contributed by atoms with Crippen molar-refractivity contribution in [3.63, 3.8) is 0 Å². The monoisotopic (exact) mass is 168 g/mol. The maximum absolute atomic E-state index is 11.2. The van der Waals surface area contributed by atoms with E-state index in [4.69, 9.17) is 0 Å². The van der Waals surface area contributed by atoms with Gasteiger partial charge in [0.2, 0.25) is 5.91 Å². The molecule has 1 aliphatic carbocycles. The largest absolute Gasteiger partial charge is 0.356 e. The number of carbonyl (C=O) groups is 1. The van der Waals surface area contributed by atoms with Gasteiger partial charge in [0.15, 0.2) is 0 Å². The zero-order chi connectivity index (χ0) is 8.39. The van der Waals surface area contributed by atoms with E-state index in [-0.39, 0.29) is 5.91 Å². The molecular weight excluding hydrogens is 152 g/mol. The number of rotatable bonds is 4. The Hall–Kier alpha value is -0.570. The lowest BCUT2D eigenvalue weighted by Gasteiger charge is -2.27. The van der Waals surface area contributed by atoms with Crippen molar-refractivity contribution in [1.82, 2.24) is 10.6 Å². The summed E-state index contributed by atoms with van der Waals surface area (Å²) in [4.78, 5) is 11.2. The minimum absolute atomic E-state index is 0.254. The second-order valence-corrected chi connectivity index (χ2v) is 3.98. The average molecular weight is 168 g/mol. The first-order valence-electron chi connectivity index (χ1n) is 4.82. The molecule has 0 spiro atoms. The molecule has 12 heavy (non-hydrogen) atoms. The molecule has 2 fully saturated rings. The Morgan fingerprint density at radius 3 is 2.58 bits per heavy atom. The fourth-order valence-corrected chi connectivity index (χ4v) is 1.41. The number of hydrogen-bond donors (Lipinski definition) is 2. The van der Waals surface area contributed by atoms with Gasteiger partial charge < -0.3 is 10.6 Å². The lowest BCUT2D eigenvalue weighted by atomic mass is 10.0. The van der Waals surface area contributed by atoms with Crippen LogP contribution in [0.25, 0.3) is 0 Å². The molecular formula is C9H16N2O. The fraction of sp³-hybridized carbons (Fsp3) is 0.889. The van der Waals surface area contributed by atoms with Gasteiger partial charge in [-0.05, 0) is 18.8 Å². The third-order valence-corrected chi connectivity index (χ3v) is 2.62. The van der Waals surface area contributed by atoms with E-state index in [1.54, 1.807) is 0 Å². The van der Waals surface area contributed by atoms with Gasteiger partial charge in [0, 0.05) is 32.0 Å². The molecule has 1 saturated heterocycles. The van der Waals surface area contributed by atoms with E-state index in [2.05, 4.69) is 10.6 Å². The van der Waals surface area contributed by atoms with Crippen LogP contribution < -0.4 is 10.6 Å². The molecule has 1 heterocycles. The molecule has 2 rings (SSSR count). The number of nitrogens with one attached hydrogen (secondary N) is 2. The van der Waals surface area contributed by atoms with Crippen LogP contribution in [0.3, 0.4) is 0 Å². The van der Waals surface area contributed by atoms with Crippen LogP contribution in [0.4, 0.5) is 0 Å². The second kappa shape index (κ2) is 3.44. The van der Waals surface area contributed by atoms with Gasteiger partial charge in [-0.2, -0.15) is 0 Å². The molecule has 1 saturated carbocycles. The fourth-order valence-electron chi connectivity index (χ4n) is 1.41. The van der Waals surface area contributed by atoms with Crippen LogP contribution in [-0.4, -0.2) is 25.5 Å². The van der Waals surface area contributed by atoms with Gasteiger partial charge in [-0.3, -0.25) is 4.79 Å².